The van der Waals surface area contributed by atoms with E-state index < -0.39 is 11.7 Å². The van der Waals surface area contributed by atoms with Crippen molar-refractivity contribution >= 4 is 11.6 Å². The van der Waals surface area contributed by atoms with Gasteiger partial charge in [-0.05, 0) is 11.6 Å². The van der Waals surface area contributed by atoms with Crippen LogP contribution in [0.1, 0.15) is 6.42 Å². The second kappa shape index (κ2) is 2.08. The molecule has 3 aliphatic rings. The zero-order chi connectivity index (χ0) is 9.05. The van der Waals surface area contributed by atoms with Crippen molar-refractivity contribution in [2.75, 3.05) is 13.2 Å². The third-order valence-corrected chi connectivity index (χ3v) is 2.86. The summed E-state index contributed by atoms with van der Waals surface area (Å²) in [6.07, 6.45) is 1.24. The Bertz CT molecular complexity index is 344. The minimum Gasteiger partial charge on any atom is -0.373 e. The number of rotatable bonds is 0. The van der Waals surface area contributed by atoms with Crippen LogP contribution < -0.4 is 0 Å². The van der Waals surface area contributed by atoms with E-state index in [1.807, 2.05) is 0 Å². The lowest BCUT2D eigenvalue weighted by atomic mass is 9.91. The number of hydrogen-bond donors (Lipinski definition) is 0. The Balaban J connectivity index is 2.13. The third-order valence-electron chi connectivity index (χ3n) is 2.86. The van der Waals surface area contributed by atoms with Gasteiger partial charge in [-0.25, -0.2) is 0 Å². The minimum atomic E-state index is -0.876. The van der Waals surface area contributed by atoms with E-state index in [9.17, 15) is 9.59 Å². The lowest BCUT2D eigenvalue weighted by Gasteiger charge is -2.28. The van der Waals surface area contributed by atoms with Crippen LogP contribution in [0.5, 0.6) is 0 Å². The molecule has 0 saturated carbocycles. The average Bonchev–Trinajstić information content (AvgIpc) is 2.54. The summed E-state index contributed by atoms with van der Waals surface area (Å²) in [5, 5.41) is 0. The first-order valence-electron chi connectivity index (χ1n) is 4.25. The normalized spacial score (nSPS) is 42.2. The van der Waals surface area contributed by atoms with Gasteiger partial charge in [0.2, 0.25) is 0 Å². The highest BCUT2D eigenvalue weighted by atomic mass is 16.6. The predicted octanol–water partition coefficient (Wildman–Crippen LogP) is -0.378. The molecule has 2 bridgehead atoms. The molecule has 68 valence electrons. The number of Topliss-reactive ketones (excluding diaryl/α,β-unsaturated/α-hetero) is 2. The summed E-state index contributed by atoms with van der Waals surface area (Å²) >= 11 is 0. The smallest absolute Gasteiger partial charge is 0.178 e. The Morgan fingerprint density at radius 3 is 3.15 bits per heavy atom. The molecule has 0 N–H and O–H groups in total. The van der Waals surface area contributed by atoms with E-state index in [0.29, 0.717) is 6.61 Å². The molecule has 3 aliphatic heterocycles. The highest BCUT2D eigenvalue weighted by molar-refractivity contribution is 6.11. The third kappa shape index (κ3) is 0.727. The minimum absolute atomic E-state index is 0.00593. The van der Waals surface area contributed by atoms with Crippen molar-refractivity contribution in [3.8, 4) is 0 Å². The van der Waals surface area contributed by atoms with E-state index in [0.717, 1.165) is 5.57 Å². The SMILES string of the molecule is O=C1CC(=O)C23COCC2=CC1O3. The summed E-state index contributed by atoms with van der Waals surface area (Å²) in [5.41, 5.74) is -0.0353. The predicted molar refractivity (Wildman–Crippen MR) is 41.1 cm³/mol. The van der Waals surface area contributed by atoms with Gasteiger partial charge < -0.3 is 9.47 Å². The Hall–Kier alpha value is -1.00. The first-order chi connectivity index (χ1) is 6.22. The van der Waals surface area contributed by atoms with Crippen molar-refractivity contribution in [3.63, 3.8) is 0 Å². The highest BCUT2D eigenvalue weighted by Crippen LogP contribution is 2.41. The Morgan fingerprint density at radius 1 is 1.46 bits per heavy atom. The Labute approximate surface area is 74.5 Å². The van der Waals surface area contributed by atoms with Gasteiger partial charge in [0, 0.05) is 0 Å². The summed E-state index contributed by atoms with van der Waals surface area (Å²) in [4.78, 5) is 22.9. The van der Waals surface area contributed by atoms with Gasteiger partial charge in [0.1, 0.15) is 6.10 Å². The molecule has 2 unspecified atom stereocenters. The van der Waals surface area contributed by atoms with Crippen LogP contribution in [0.15, 0.2) is 11.6 Å². The van der Waals surface area contributed by atoms with Gasteiger partial charge in [-0.15, -0.1) is 0 Å². The van der Waals surface area contributed by atoms with Gasteiger partial charge in [0.15, 0.2) is 17.2 Å². The van der Waals surface area contributed by atoms with Crippen LogP contribution in [0, 0.1) is 0 Å². The summed E-state index contributed by atoms with van der Waals surface area (Å²) in [6.45, 7) is 0.705. The van der Waals surface area contributed by atoms with Gasteiger partial charge in [-0.1, -0.05) is 0 Å². The summed E-state index contributed by atoms with van der Waals surface area (Å²) in [5.74, 6) is -0.271. The fourth-order valence-corrected chi connectivity index (χ4v) is 2.13. The first-order valence-corrected chi connectivity index (χ1v) is 4.25. The first kappa shape index (κ1) is 7.41. The Kier molecular flexibility index (Phi) is 1.18. The van der Waals surface area contributed by atoms with Crippen LogP contribution in [0.3, 0.4) is 0 Å². The topological polar surface area (TPSA) is 52.6 Å². The Morgan fingerprint density at radius 2 is 2.31 bits per heavy atom. The van der Waals surface area contributed by atoms with Crippen molar-refractivity contribution in [1.82, 2.24) is 0 Å². The molecule has 0 amide bonds. The van der Waals surface area contributed by atoms with Crippen LogP contribution in [-0.4, -0.2) is 36.5 Å². The van der Waals surface area contributed by atoms with Crippen molar-refractivity contribution < 1.29 is 19.1 Å². The quantitative estimate of drug-likeness (QED) is 0.377. The number of ether oxygens (including phenoxy) is 2. The highest BCUT2D eigenvalue weighted by Gasteiger charge is 2.57. The lowest BCUT2D eigenvalue weighted by molar-refractivity contribution is -0.159. The summed E-state index contributed by atoms with van der Waals surface area (Å²) in [7, 11) is 0. The molecule has 1 spiro atoms. The number of hydrogen-bond acceptors (Lipinski definition) is 4. The van der Waals surface area contributed by atoms with Gasteiger partial charge >= 0.3 is 0 Å². The van der Waals surface area contributed by atoms with Crippen LogP contribution in [0.4, 0.5) is 0 Å². The summed E-state index contributed by atoms with van der Waals surface area (Å²) < 4.78 is 10.6. The molecule has 0 aromatic carbocycles. The number of carbonyl (C=O) groups excluding carboxylic acids is 2. The largest absolute Gasteiger partial charge is 0.373 e. The van der Waals surface area contributed by atoms with Gasteiger partial charge in [-0.3, -0.25) is 9.59 Å². The molecule has 2 fully saturated rings. The average molecular weight is 180 g/mol. The van der Waals surface area contributed by atoms with Crippen LogP contribution >= 0.6 is 0 Å². The standard InChI is InChI=1S/C9H8O4/c10-6-2-8(11)9-4-12-3-5(9)1-7(6)13-9/h1,7H,2-4H2. The maximum Gasteiger partial charge on any atom is 0.178 e. The summed E-state index contributed by atoms with van der Waals surface area (Å²) in [6, 6.07) is 0. The van der Waals surface area contributed by atoms with Gasteiger partial charge in [-0.2, -0.15) is 0 Å². The number of ketones is 2. The van der Waals surface area contributed by atoms with E-state index in [1.165, 1.54) is 0 Å². The maximum atomic E-state index is 11.6. The molecule has 4 heteroatoms. The van der Waals surface area contributed by atoms with Crippen LogP contribution in [0.2, 0.25) is 0 Å². The van der Waals surface area contributed by atoms with E-state index >= 15 is 0 Å². The molecule has 4 nitrogen and oxygen atoms in total. The molecule has 2 atom stereocenters. The second-order valence-corrected chi connectivity index (χ2v) is 3.62. The maximum absolute atomic E-state index is 11.6. The molecule has 0 aromatic heterocycles. The van der Waals surface area contributed by atoms with Crippen molar-refractivity contribution in [2.45, 2.75) is 18.1 Å². The zero-order valence-electron chi connectivity index (χ0n) is 6.91. The molecular weight excluding hydrogens is 172 g/mol. The van der Waals surface area contributed by atoms with E-state index in [-0.39, 0.29) is 24.6 Å². The number of carbonyl (C=O) groups is 2. The molecule has 3 rings (SSSR count). The van der Waals surface area contributed by atoms with Crippen LogP contribution in [-0.2, 0) is 19.1 Å². The number of fused-ring (bicyclic) bond motifs is 1. The molecule has 2 saturated heterocycles. The second-order valence-electron chi connectivity index (χ2n) is 3.62. The molecule has 13 heavy (non-hydrogen) atoms. The molecule has 0 aliphatic carbocycles. The van der Waals surface area contributed by atoms with Crippen molar-refractivity contribution in [2.24, 2.45) is 0 Å². The molecule has 0 aromatic rings. The van der Waals surface area contributed by atoms with Gasteiger partial charge in [0.05, 0.1) is 19.6 Å². The van der Waals surface area contributed by atoms with E-state index in [2.05, 4.69) is 0 Å². The fourth-order valence-electron chi connectivity index (χ4n) is 2.13. The zero-order valence-corrected chi connectivity index (χ0v) is 6.91. The molecule has 0 radical (unpaired) electrons. The van der Waals surface area contributed by atoms with Crippen molar-refractivity contribution in [1.29, 1.82) is 0 Å². The van der Waals surface area contributed by atoms with E-state index in [1.54, 1.807) is 6.08 Å². The monoisotopic (exact) mass is 180 g/mol. The fraction of sp³-hybridized carbons (Fsp3) is 0.556. The molecule has 3 heterocycles. The van der Waals surface area contributed by atoms with Crippen molar-refractivity contribution in [3.05, 3.63) is 11.6 Å². The van der Waals surface area contributed by atoms with Crippen LogP contribution in [0.25, 0.3) is 0 Å². The molecular formula is C9H8O4. The van der Waals surface area contributed by atoms with E-state index in [4.69, 9.17) is 9.47 Å². The lowest BCUT2D eigenvalue weighted by Crippen LogP contribution is -2.49. The van der Waals surface area contributed by atoms with Gasteiger partial charge in [0.25, 0.3) is 0 Å².